The van der Waals surface area contributed by atoms with Gasteiger partial charge in [0.25, 0.3) is 0 Å². The summed E-state index contributed by atoms with van der Waals surface area (Å²) in [4.78, 5) is 10.8. The molecule has 0 aromatic heterocycles. The smallest absolute Gasteiger partial charge is 0.332 e. The van der Waals surface area contributed by atoms with Crippen molar-refractivity contribution in [2.24, 2.45) is 0 Å². The van der Waals surface area contributed by atoms with Gasteiger partial charge in [0.2, 0.25) is 0 Å². The second kappa shape index (κ2) is 3.87. The minimum atomic E-state index is -0.314. The van der Waals surface area contributed by atoms with Crippen molar-refractivity contribution in [1.82, 2.24) is 0 Å². The van der Waals surface area contributed by atoms with Gasteiger partial charge in [-0.25, -0.2) is 4.79 Å². The van der Waals surface area contributed by atoms with Gasteiger partial charge in [-0.05, 0) is 13.8 Å². The van der Waals surface area contributed by atoms with E-state index >= 15 is 0 Å². The van der Waals surface area contributed by atoms with E-state index in [9.17, 15) is 4.79 Å². The van der Waals surface area contributed by atoms with Crippen LogP contribution in [0, 0.1) is 0 Å². The maximum atomic E-state index is 10.8. The number of carbonyl (C=O) groups excluding carboxylic acids is 1. The molecule has 1 rings (SSSR count). The van der Waals surface area contributed by atoms with Crippen molar-refractivity contribution in [3.05, 3.63) is 0 Å². The van der Waals surface area contributed by atoms with Gasteiger partial charge in [0, 0.05) is 0 Å². The highest BCUT2D eigenvalue weighted by molar-refractivity contribution is 5.70. The minimum absolute atomic E-state index is 0.0215. The predicted octanol–water partition coefficient (Wildman–Crippen LogP) is 0.355. The van der Waals surface area contributed by atoms with Crippen LogP contribution < -0.4 is 0 Å². The molecule has 1 aliphatic heterocycles. The van der Waals surface area contributed by atoms with Crippen LogP contribution in [0.4, 0.5) is 0 Å². The molecule has 0 unspecified atom stereocenters. The zero-order valence-corrected chi connectivity index (χ0v) is 7.46. The van der Waals surface area contributed by atoms with Crippen LogP contribution in [0.15, 0.2) is 0 Å². The number of ether oxygens (including phenoxy) is 3. The van der Waals surface area contributed by atoms with Gasteiger partial charge >= 0.3 is 5.97 Å². The number of rotatable bonds is 4. The standard InChI is InChI=1S/C8H14O4/c1-3-11-7(9)4-12-8(2)5-10-6-8/h3-6H2,1-2H3. The van der Waals surface area contributed by atoms with Crippen LogP contribution in [0.5, 0.6) is 0 Å². The molecule has 1 heterocycles. The summed E-state index contributed by atoms with van der Waals surface area (Å²) in [6.07, 6.45) is 0. The Hall–Kier alpha value is -0.610. The highest BCUT2D eigenvalue weighted by Crippen LogP contribution is 2.20. The Kier molecular flexibility index (Phi) is 3.05. The monoisotopic (exact) mass is 174 g/mol. The molecular weight excluding hydrogens is 160 g/mol. The molecule has 4 heteroatoms. The van der Waals surface area contributed by atoms with Crippen molar-refractivity contribution >= 4 is 5.97 Å². The van der Waals surface area contributed by atoms with Crippen molar-refractivity contribution in [2.75, 3.05) is 26.4 Å². The van der Waals surface area contributed by atoms with Crippen molar-refractivity contribution in [3.8, 4) is 0 Å². The first-order valence-electron chi connectivity index (χ1n) is 4.03. The predicted molar refractivity (Wildman–Crippen MR) is 41.8 cm³/mol. The van der Waals surface area contributed by atoms with E-state index in [1.165, 1.54) is 0 Å². The van der Waals surface area contributed by atoms with E-state index in [0.29, 0.717) is 19.8 Å². The van der Waals surface area contributed by atoms with E-state index < -0.39 is 0 Å². The van der Waals surface area contributed by atoms with E-state index in [4.69, 9.17) is 14.2 Å². The first-order chi connectivity index (χ1) is 5.66. The Balaban J connectivity index is 2.12. The first-order valence-corrected chi connectivity index (χ1v) is 4.03. The molecule has 0 atom stereocenters. The Bertz CT molecular complexity index is 162. The maximum absolute atomic E-state index is 10.8. The summed E-state index contributed by atoms with van der Waals surface area (Å²) in [5.41, 5.74) is -0.271. The summed E-state index contributed by atoms with van der Waals surface area (Å²) < 4.78 is 14.9. The SMILES string of the molecule is CCOC(=O)COC1(C)COC1. The number of carbonyl (C=O) groups is 1. The van der Waals surface area contributed by atoms with E-state index in [2.05, 4.69) is 0 Å². The first kappa shape index (κ1) is 9.48. The molecule has 0 amide bonds. The Morgan fingerprint density at radius 2 is 2.25 bits per heavy atom. The number of hydrogen-bond donors (Lipinski definition) is 0. The minimum Gasteiger partial charge on any atom is -0.464 e. The van der Waals surface area contributed by atoms with Gasteiger partial charge in [-0.15, -0.1) is 0 Å². The zero-order chi connectivity index (χ0) is 9.03. The summed E-state index contributed by atoms with van der Waals surface area (Å²) in [5.74, 6) is -0.314. The quantitative estimate of drug-likeness (QED) is 0.577. The van der Waals surface area contributed by atoms with Gasteiger partial charge in [0.15, 0.2) is 0 Å². The summed E-state index contributed by atoms with van der Waals surface area (Å²) in [6, 6.07) is 0. The van der Waals surface area contributed by atoms with Crippen molar-refractivity contribution < 1.29 is 19.0 Å². The Morgan fingerprint density at radius 3 is 2.67 bits per heavy atom. The molecule has 0 spiro atoms. The zero-order valence-electron chi connectivity index (χ0n) is 7.46. The highest BCUT2D eigenvalue weighted by Gasteiger charge is 2.34. The largest absolute Gasteiger partial charge is 0.464 e. The van der Waals surface area contributed by atoms with E-state index in [1.54, 1.807) is 6.92 Å². The Morgan fingerprint density at radius 1 is 1.58 bits per heavy atom. The molecule has 0 aromatic carbocycles. The molecule has 0 aliphatic carbocycles. The molecule has 70 valence electrons. The lowest BCUT2D eigenvalue weighted by Crippen LogP contribution is -2.50. The fourth-order valence-corrected chi connectivity index (χ4v) is 0.909. The normalized spacial score (nSPS) is 19.8. The van der Waals surface area contributed by atoms with Gasteiger partial charge in [0.05, 0.1) is 19.8 Å². The molecule has 0 bridgehead atoms. The third-order valence-corrected chi connectivity index (χ3v) is 1.66. The third-order valence-electron chi connectivity index (χ3n) is 1.66. The van der Waals surface area contributed by atoms with Gasteiger partial charge in [-0.1, -0.05) is 0 Å². The van der Waals surface area contributed by atoms with Crippen LogP contribution in [0.2, 0.25) is 0 Å². The molecule has 1 fully saturated rings. The average Bonchev–Trinajstić information content (AvgIpc) is 1.98. The summed E-state index contributed by atoms with van der Waals surface area (Å²) >= 11 is 0. The van der Waals surface area contributed by atoms with E-state index in [1.807, 2.05) is 6.92 Å². The number of esters is 1. The van der Waals surface area contributed by atoms with E-state index in [0.717, 1.165) is 0 Å². The van der Waals surface area contributed by atoms with Crippen molar-refractivity contribution in [3.63, 3.8) is 0 Å². The van der Waals surface area contributed by atoms with Gasteiger partial charge < -0.3 is 14.2 Å². The van der Waals surface area contributed by atoms with Crippen LogP contribution in [0.1, 0.15) is 13.8 Å². The van der Waals surface area contributed by atoms with Crippen molar-refractivity contribution in [2.45, 2.75) is 19.4 Å². The molecule has 1 saturated heterocycles. The number of hydrogen-bond acceptors (Lipinski definition) is 4. The molecule has 4 nitrogen and oxygen atoms in total. The lowest BCUT2D eigenvalue weighted by molar-refractivity contribution is -0.206. The van der Waals surface area contributed by atoms with Gasteiger partial charge in [0.1, 0.15) is 12.2 Å². The molecule has 0 saturated carbocycles. The molecule has 0 radical (unpaired) electrons. The van der Waals surface area contributed by atoms with Crippen LogP contribution in [-0.2, 0) is 19.0 Å². The Labute approximate surface area is 71.8 Å². The summed E-state index contributed by atoms with van der Waals surface area (Å²) in [5, 5.41) is 0. The fraction of sp³-hybridized carbons (Fsp3) is 0.875. The molecule has 1 aliphatic rings. The topological polar surface area (TPSA) is 44.8 Å². The van der Waals surface area contributed by atoms with Crippen LogP contribution >= 0.6 is 0 Å². The fourth-order valence-electron chi connectivity index (χ4n) is 0.909. The van der Waals surface area contributed by atoms with Crippen molar-refractivity contribution in [1.29, 1.82) is 0 Å². The van der Waals surface area contributed by atoms with Crippen LogP contribution in [-0.4, -0.2) is 38.0 Å². The molecule has 0 aromatic rings. The molecule has 12 heavy (non-hydrogen) atoms. The third kappa shape index (κ3) is 2.46. The average molecular weight is 174 g/mol. The lowest BCUT2D eigenvalue weighted by atomic mass is 10.1. The van der Waals surface area contributed by atoms with Crippen LogP contribution in [0.3, 0.4) is 0 Å². The highest BCUT2D eigenvalue weighted by atomic mass is 16.6. The van der Waals surface area contributed by atoms with E-state index in [-0.39, 0.29) is 18.2 Å². The molecular formula is C8H14O4. The lowest BCUT2D eigenvalue weighted by Gasteiger charge is -2.37. The second-order valence-electron chi connectivity index (χ2n) is 3.04. The molecule has 0 N–H and O–H groups in total. The van der Waals surface area contributed by atoms with Gasteiger partial charge in [-0.3, -0.25) is 0 Å². The summed E-state index contributed by atoms with van der Waals surface area (Å²) in [7, 11) is 0. The van der Waals surface area contributed by atoms with Gasteiger partial charge in [-0.2, -0.15) is 0 Å². The second-order valence-corrected chi connectivity index (χ2v) is 3.04. The maximum Gasteiger partial charge on any atom is 0.332 e. The summed E-state index contributed by atoms with van der Waals surface area (Å²) in [6.45, 7) is 5.23. The van der Waals surface area contributed by atoms with Crippen LogP contribution in [0.25, 0.3) is 0 Å².